The number of carbonyl (C=O) groups excluding carboxylic acids is 1. The molecule has 1 aliphatic heterocycles. The van der Waals surface area contributed by atoms with Gasteiger partial charge in [0.15, 0.2) is 5.76 Å². The lowest BCUT2D eigenvalue weighted by atomic mass is 10.1. The van der Waals surface area contributed by atoms with Gasteiger partial charge in [0.05, 0.1) is 12.1 Å². The van der Waals surface area contributed by atoms with Crippen LogP contribution in [0.1, 0.15) is 28.7 Å². The quantitative estimate of drug-likeness (QED) is 0.233. The van der Waals surface area contributed by atoms with Gasteiger partial charge in [0.1, 0.15) is 0 Å². The van der Waals surface area contributed by atoms with Crippen LogP contribution in [0.3, 0.4) is 0 Å². The van der Waals surface area contributed by atoms with Crippen LogP contribution in [-0.4, -0.2) is 34.4 Å². The molecule has 1 heterocycles. The molecule has 5 rings (SSSR count). The molecule has 0 spiro atoms. The number of aryl methyl sites for hydroxylation is 3. The monoisotopic (exact) mass is 545 g/mol. The van der Waals surface area contributed by atoms with Crippen LogP contribution in [0.25, 0.3) is 6.08 Å². The molecule has 0 aliphatic carbocycles. The molecule has 1 amide bonds. The highest BCUT2D eigenvalue weighted by atomic mass is 16.5. The van der Waals surface area contributed by atoms with Crippen LogP contribution >= 0.6 is 0 Å². The standard InChI is InChI=1S/C34H31N3O4/c1-23-20-24(2)32(25(3)21-23)35-34-36(19-18-31(38)39)33(40)30(41-34)22-26-14-16-29(17-15-26)37(27-10-6-4-7-11-27)28-12-8-5-9-13-28/h4-17,20-22H,18-19H2,1-3H3,(H,38,39)/b30-22+,35-34+. The number of ether oxygens (including phenoxy) is 1. The van der Waals surface area contributed by atoms with E-state index in [4.69, 9.17) is 4.74 Å². The Bertz CT molecular complexity index is 1570. The van der Waals surface area contributed by atoms with Crippen LogP contribution in [-0.2, 0) is 14.3 Å². The van der Waals surface area contributed by atoms with E-state index in [1.807, 2.05) is 93.6 Å². The zero-order valence-electron chi connectivity index (χ0n) is 23.2. The molecule has 1 fully saturated rings. The van der Waals surface area contributed by atoms with Crippen LogP contribution in [0.5, 0.6) is 0 Å². The van der Waals surface area contributed by atoms with Crippen molar-refractivity contribution in [2.75, 3.05) is 11.4 Å². The average Bonchev–Trinajstić information content (AvgIpc) is 3.25. The molecule has 206 valence electrons. The molecule has 4 aromatic rings. The van der Waals surface area contributed by atoms with Crippen molar-refractivity contribution in [2.24, 2.45) is 4.99 Å². The van der Waals surface area contributed by atoms with Gasteiger partial charge in [-0.1, -0.05) is 66.2 Å². The second kappa shape index (κ2) is 11.9. The molecule has 7 heteroatoms. The summed E-state index contributed by atoms with van der Waals surface area (Å²) in [4.78, 5) is 32.7. The predicted molar refractivity (Wildman–Crippen MR) is 162 cm³/mol. The van der Waals surface area contributed by atoms with Gasteiger partial charge in [0, 0.05) is 23.6 Å². The summed E-state index contributed by atoms with van der Waals surface area (Å²) in [5.74, 6) is -1.34. The molecule has 1 aliphatic rings. The highest BCUT2D eigenvalue weighted by Gasteiger charge is 2.35. The molecule has 0 saturated carbocycles. The molecule has 41 heavy (non-hydrogen) atoms. The van der Waals surface area contributed by atoms with Crippen molar-refractivity contribution < 1.29 is 19.4 Å². The van der Waals surface area contributed by atoms with Crippen molar-refractivity contribution in [1.29, 1.82) is 0 Å². The summed E-state index contributed by atoms with van der Waals surface area (Å²) in [6.07, 6.45) is 1.43. The Labute approximate surface area is 239 Å². The molecule has 0 radical (unpaired) electrons. The number of anilines is 3. The van der Waals surface area contributed by atoms with Crippen molar-refractivity contribution in [2.45, 2.75) is 27.2 Å². The number of aliphatic imine (C=N–C) groups is 1. The number of rotatable bonds is 8. The van der Waals surface area contributed by atoms with E-state index in [2.05, 4.69) is 34.2 Å². The van der Waals surface area contributed by atoms with E-state index in [1.54, 1.807) is 6.08 Å². The number of nitrogens with zero attached hydrogens (tertiary/aromatic N) is 3. The van der Waals surface area contributed by atoms with Crippen LogP contribution in [0, 0.1) is 20.8 Å². The van der Waals surface area contributed by atoms with Gasteiger partial charge in [-0.2, -0.15) is 4.99 Å². The minimum absolute atomic E-state index is 0.0453. The maximum absolute atomic E-state index is 13.3. The van der Waals surface area contributed by atoms with Crippen LogP contribution in [0.2, 0.25) is 0 Å². The first-order chi connectivity index (χ1) is 19.8. The third kappa shape index (κ3) is 6.20. The molecule has 1 N–H and O–H groups in total. The molecule has 7 nitrogen and oxygen atoms in total. The van der Waals surface area contributed by atoms with Crippen molar-refractivity contribution in [3.8, 4) is 0 Å². The number of hydrogen-bond donors (Lipinski definition) is 1. The van der Waals surface area contributed by atoms with Crippen molar-refractivity contribution in [1.82, 2.24) is 4.90 Å². The van der Waals surface area contributed by atoms with Crippen LogP contribution in [0.4, 0.5) is 22.7 Å². The zero-order chi connectivity index (χ0) is 28.9. The Morgan fingerprint density at radius 2 is 1.39 bits per heavy atom. The Morgan fingerprint density at radius 3 is 1.93 bits per heavy atom. The Kier molecular flexibility index (Phi) is 7.97. The Balaban J connectivity index is 1.47. The van der Waals surface area contributed by atoms with Crippen molar-refractivity contribution >= 4 is 46.7 Å². The Morgan fingerprint density at radius 1 is 0.854 bits per heavy atom. The summed E-state index contributed by atoms with van der Waals surface area (Å²) in [6.45, 7) is 5.86. The topological polar surface area (TPSA) is 82.4 Å². The van der Waals surface area contributed by atoms with Gasteiger partial charge in [-0.05, 0) is 79.9 Å². The van der Waals surface area contributed by atoms with Crippen LogP contribution < -0.4 is 4.90 Å². The van der Waals surface area contributed by atoms with Crippen molar-refractivity contribution in [3.63, 3.8) is 0 Å². The first-order valence-corrected chi connectivity index (χ1v) is 13.4. The second-order valence-corrected chi connectivity index (χ2v) is 9.95. The predicted octanol–water partition coefficient (Wildman–Crippen LogP) is 7.44. The lowest BCUT2D eigenvalue weighted by molar-refractivity contribution is -0.137. The van der Waals surface area contributed by atoms with E-state index < -0.39 is 11.9 Å². The molecule has 1 saturated heterocycles. The Hall–Kier alpha value is -5.17. The number of benzene rings is 4. The number of aliphatic carboxylic acids is 1. The van der Waals surface area contributed by atoms with E-state index in [0.717, 1.165) is 39.3 Å². The first kappa shape index (κ1) is 27.4. The summed E-state index contributed by atoms with van der Waals surface area (Å²) in [5, 5.41) is 9.25. The molecule has 0 unspecified atom stereocenters. The van der Waals surface area contributed by atoms with Crippen molar-refractivity contribution in [3.05, 3.63) is 125 Å². The maximum atomic E-state index is 13.3. The van der Waals surface area contributed by atoms with E-state index in [0.29, 0.717) is 5.69 Å². The fourth-order valence-corrected chi connectivity index (χ4v) is 4.91. The highest BCUT2D eigenvalue weighted by Crippen LogP contribution is 2.35. The number of amides is 1. The lowest BCUT2D eigenvalue weighted by Crippen LogP contribution is -2.32. The van der Waals surface area contributed by atoms with E-state index in [9.17, 15) is 14.7 Å². The van der Waals surface area contributed by atoms with E-state index >= 15 is 0 Å². The van der Waals surface area contributed by atoms with Gasteiger partial charge in [-0.25, -0.2) is 0 Å². The van der Waals surface area contributed by atoms with Gasteiger partial charge < -0.3 is 14.7 Å². The average molecular weight is 546 g/mol. The molecule has 4 aromatic carbocycles. The molecular weight excluding hydrogens is 514 g/mol. The second-order valence-electron chi connectivity index (χ2n) is 9.95. The zero-order valence-corrected chi connectivity index (χ0v) is 23.2. The fraction of sp³-hybridized carbons (Fsp3) is 0.147. The van der Waals surface area contributed by atoms with Gasteiger partial charge in [-0.15, -0.1) is 0 Å². The molecule has 0 aromatic heterocycles. The third-order valence-electron chi connectivity index (χ3n) is 6.76. The van der Waals surface area contributed by atoms with Gasteiger partial charge in [-0.3, -0.25) is 14.5 Å². The smallest absolute Gasteiger partial charge is 0.305 e. The summed E-state index contributed by atoms with van der Waals surface area (Å²) >= 11 is 0. The first-order valence-electron chi connectivity index (χ1n) is 13.4. The van der Waals surface area contributed by atoms with E-state index in [1.165, 1.54) is 4.90 Å². The molecular formula is C34H31N3O4. The molecule has 0 atom stereocenters. The van der Waals surface area contributed by atoms with Gasteiger partial charge >= 0.3 is 12.0 Å². The normalized spacial score (nSPS) is 14.9. The number of carbonyl (C=O) groups is 2. The van der Waals surface area contributed by atoms with Gasteiger partial charge in [0.25, 0.3) is 5.91 Å². The summed E-state index contributed by atoms with van der Waals surface area (Å²) in [7, 11) is 0. The molecule has 0 bridgehead atoms. The maximum Gasteiger partial charge on any atom is 0.305 e. The van der Waals surface area contributed by atoms with Crippen LogP contribution in [0.15, 0.2) is 108 Å². The number of hydrogen-bond acceptors (Lipinski definition) is 5. The fourth-order valence-electron chi connectivity index (χ4n) is 4.91. The minimum Gasteiger partial charge on any atom is -0.481 e. The minimum atomic E-state index is -1.01. The number of para-hydroxylation sites is 2. The lowest BCUT2D eigenvalue weighted by Gasteiger charge is -2.25. The van der Waals surface area contributed by atoms with E-state index in [-0.39, 0.29) is 24.7 Å². The summed E-state index contributed by atoms with van der Waals surface area (Å²) in [5.41, 5.74) is 7.46. The largest absolute Gasteiger partial charge is 0.481 e. The summed E-state index contributed by atoms with van der Waals surface area (Å²) < 4.78 is 5.97. The third-order valence-corrected chi connectivity index (χ3v) is 6.76. The number of amidine groups is 1. The SMILES string of the molecule is Cc1cc(C)c(/N=C2/O/C(=C/c3ccc(N(c4ccccc4)c4ccccc4)cc3)C(=O)N2CCC(=O)O)c(C)c1. The summed E-state index contributed by atoms with van der Waals surface area (Å²) in [6, 6.07) is 32.1. The number of carboxylic acids is 1. The number of carboxylic acid groups (broad SMARTS) is 1. The van der Waals surface area contributed by atoms with Gasteiger partial charge in [0.2, 0.25) is 0 Å². The highest BCUT2D eigenvalue weighted by molar-refractivity contribution is 6.12.